The van der Waals surface area contributed by atoms with Crippen LogP contribution in [0.1, 0.15) is 23.6 Å². The number of oxazole rings is 1. The third kappa shape index (κ3) is 3.50. The SMILES string of the molecule is N=c1n(Cc2nc3cc(Cl)ccc3o2)c2ccccc2n1[C@@H](CO)[C@@H](O)c1ccccc1. The molecule has 32 heavy (non-hydrogen) atoms. The number of rotatable bonds is 6. The molecule has 3 aromatic carbocycles. The van der Waals surface area contributed by atoms with Gasteiger partial charge in [-0.2, -0.15) is 0 Å². The van der Waals surface area contributed by atoms with E-state index in [2.05, 4.69) is 4.98 Å². The minimum Gasteiger partial charge on any atom is -0.439 e. The van der Waals surface area contributed by atoms with Gasteiger partial charge in [0.2, 0.25) is 11.5 Å². The largest absolute Gasteiger partial charge is 0.439 e. The maximum atomic E-state index is 11.0. The van der Waals surface area contributed by atoms with Crippen LogP contribution in [0.3, 0.4) is 0 Å². The van der Waals surface area contributed by atoms with E-state index in [1.165, 1.54) is 0 Å². The summed E-state index contributed by atoms with van der Waals surface area (Å²) in [5.74, 6) is 0.438. The molecular formula is C24H21ClN4O3. The smallest absolute Gasteiger partial charge is 0.215 e. The predicted molar refractivity (Wildman–Crippen MR) is 121 cm³/mol. The highest BCUT2D eigenvalue weighted by Crippen LogP contribution is 2.29. The van der Waals surface area contributed by atoms with Crippen molar-refractivity contribution in [2.45, 2.75) is 18.7 Å². The van der Waals surface area contributed by atoms with Crippen LogP contribution < -0.4 is 5.62 Å². The molecular weight excluding hydrogens is 428 g/mol. The Kier molecular flexibility index (Phi) is 5.30. The third-order valence-electron chi connectivity index (χ3n) is 5.63. The quantitative estimate of drug-likeness (QED) is 0.365. The van der Waals surface area contributed by atoms with Crippen molar-refractivity contribution in [1.82, 2.24) is 14.1 Å². The van der Waals surface area contributed by atoms with Crippen LogP contribution in [0.25, 0.3) is 22.1 Å². The number of hydrogen-bond donors (Lipinski definition) is 3. The van der Waals surface area contributed by atoms with Crippen molar-refractivity contribution in [3.05, 3.63) is 94.9 Å². The normalized spacial score (nSPS) is 13.6. The van der Waals surface area contributed by atoms with E-state index in [-0.39, 0.29) is 18.8 Å². The first-order chi connectivity index (χ1) is 15.6. The van der Waals surface area contributed by atoms with Gasteiger partial charge in [-0.25, -0.2) is 4.98 Å². The van der Waals surface area contributed by atoms with E-state index in [1.807, 2.05) is 42.5 Å². The van der Waals surface area contributed by atoms with Gasteiger partial charge < -0.3 is 23.8 Å². The molecule has 2 heterocycles. The number of nitrogens with zero attached hydrogens (tertiary/aromatic N) is 3. The molecule has 0 amide bonds. The molecule has 7 nitrogen and oxygen atoms in total. The number of aliphatic hydroxyl groups excluding tert-OH is 2. The average Bonchev–Trinajstić information content (AvgIpc) is 3.33. The van der Waals surface area contributed by atoms with Crippen LogP contribution >= 0.6 is 11.6 Å². The Balaban J connectivity index is 1.61. The first kappa shape index (κ1) is 20.5. The molecule has 3 N–H and O–H groups in total. The molecule has 0 aliphatic carbocycles. The molecule has 162 valence electrons. The molecule has 5 aromatic rings. The summed E-state index contributed by atoms with van der Waals surface area (Å²) in [4.78, 5) is 4.51. The number of halogens is 1. The number of aliphatic hydroxyl groups is 2. The fraction of sp³-hybridized carbons (Fsp3) is 0.167. The molecule has 8 heteroatoms. The Bertz CT molecular complexity index is 1450. The third-order valence-corrected chi connectivity index (χ3v) is 5.86. The van der Waals surface area contributed by atoms with Gasteiger partial charge >= 0.3 is 0 Å². The Labute approximate surface area is 188 Å². The second kappa shape index (κ2) is 8.27. The number of benzene rings is 3. The maximum absolute atomic E-state index is 11.0. The highest BCUT2D eigenvalue weighted by atomic mass is 35.5. The van der Waals surface area contributed by atoms with Crippen molar-refractivity contribution in [2.24, 2.45) is 0 Å². The van der Waals surface area contributed by atoms with Gasteiger partial charge in [0.15, 0.2) is 5.58 Å². The molecule has 0 saturated carbocycles. The van der Waals surface area contributed by atoms with Crippen LogP contribution in [0.5, 0.6) is 0 Å². The fourth-order valence-corrected chi connectivity index (χ4v) is 4.26. The highest BCUT2D eigenvalue weighted by Gasteiger charge is 2.26. The fourth-order valence-electron chi connectivity index (χ4n) is 4.10. The molecule has 0 aliphatic heterocycles. The van der Waals surface area contributed by atoms with Crippen molar-refractivity contribution in [2.75, 3.05) is 6.61 Å². The number of nitrogens with one attached hydrogen (secondary N) is 1. The lowest BCUT2D eigenvalue weighted by Gasteiger charge is -2.23. The summed E-state index contributed by atoms with van der Waals surface area (Å²) in [7, 11) is 0. The van der Waals surface area contributed by atoms with E-state index in [0.29, 0.717) is 27.6 Å². The molecule has 2 aromatic heterocycles. The van der Waals surface area contributed by atoms with E-state index in [9.17, 15) is 10.2 Å². The van der Waals surface area contributed by atoms with Crippen LogP contribution in [0.4, 0.5) is 0 Å². The van der Waals surface area contributed by atoms with Crippen LogP contribution in [0.2, 0.25) is 5.02 Å². The van der Waals surface area contributed by atoms with Crippen LogP contribution in [-0.2, 0) is 6.54 Å². The second-order valence-corrected chi connectivity index (χ2v) is 8.03. The molecule has 0 spiro atoms. The van der Waals surface area contributed by atoms with Gasteiger partial charge in [0.05, 0.1) is 23.7 Å². The van der Waals surface area contributed by atoms with Crippen LogP contribution in [0, 0.1) is 5.41 Å². The molecule has 2 atom stereocenters. The zero-order chi connectivity index (χ0) is 22.2. The van der Waals surface area contributed by atoms with Gasteiger partial charge in [-0.3, -0.25) is 5.41 Å². The minimum absolute atomic E-state index is 0.125. The predicted octanol–water partition coefficient (Wildman–Crippen LogP) is 4.03. The van der Waals surface area contributed by atoms with Crippen molar-refractivity contribution in [1.29, 1.82) is 5.41 Å². The lowest BCUT2D eigenvalue weighted by molar-refractivity contribution is 0.0721. The molecule has 0 saturated heterocycles. The molecule has 0 aliphatic rings. The van der Waals surface area contributed by atoms with E-state index < -0.39 is 12.1 Å². The highest BCUT2D eigenvalue weighted by molar-refractivity contribution is 6.31. The number of imidazole rings is 1. The standard InChI is InChI=1S/C24H21ClN4O3/c25-16-10-11-21-17(12-16)27-22(32-21)13-28-18-8-4-5-9-19(18)29(24(28)26)20(14-30)23(31)15-6-2-1-3-7-15/h1-12,20,23,26,30-31H,13-14H2/t20-,23-/m0/s1. The van der Waals surface area contributed by atoms with Crippen molar-refractivity contribution in [3.63, 3.8) is 0 Å². The van der Waals surface area contributed by atoms with Gasteiger partial charge in [0, 0.05) is 5.02 Å². The molecule has 0 fully saturated rings. The van der Waals surface area contributed by atoms with Gasteiger partial charge in [-0.15, -0.1) is 0 Å². The molecule has 0 unspecified atom stereocenters. The van der Waals surface area contributed by atoms with Crippen molar-refractivity contribution < 1.29 is 14.6 Å². The number of para-hydroxylation sites is 2. The van der Waals surface area contributed by atoms with E-state index in [1.54, 1.807) is 39.5 Å². The zero-order valence-electron chi connectivity index (χ0n) is 17.0. The van der Waals surface area contributed by atoms with Crippen molar-refractivity contribution >= 4 is 33.7 Å². The number of aromatic nitrogens is 3. The monoisotopic (exact) mass is 448 g/mol. The van der Waals surface area contributed by atoms with E-state index in [0.717, 1.165) is 11.0 Å². The topological polar surface area (TPSA) is 100 Å². The van der Waals surface area contributed by atoms with Gasteiger partial charge in [0.25, 0.3) is 0 Å². The summed E-state index contributed by atoms with van der Waals surface area (Å²) in [6.45, 7) is -0.111. The van der Waals surface area contributed by atoms with E-state index in [4.69, 9.17) is 21.4 Å². The average molecular weight is 449 g/mol. The first-order valence-electron chi connectivity index (χ1n) is 10.2. The van der Waals surface area contributed by atoms with Crippen LogP contribution in [-0.4, -0.2) is 30.9 Å². The lowest BCUT2D eigenvalue weighted by Crippen LogP contribution is -2.32. The van der Waals surface area contributed by atoms with Gasteiger partial charge in [0.1, 0.15) is 18.2 Å². The summed E-state index contributed by atoms with van der Waals surface area (Å²) < 4.78 is 9.27. The number of hydrogen-bond acceptors (Lipinski definition) is 5. The van der Waals surface area contributed by atoms with Gasteiger partial charge in [-0.1, -0.05) is 54.1 Å². The number of fused-ring (bicyclic) bond motifs is 2. The summed E-state index contributed by atoms with van der Waals surface area (Å²) in [6.07, 6.45) is -0.985. The lowest BCUT2D eigenvalue weighted by atomic mass is 10.0. The maximum Gasteiger partial charge on any atom is 0.215 e. The summed E-state index contributed by atoms with van der Waals surface area (Å²) in [5.41, 5.74) is 3.57. The first-order valence-corrected chi connectivity index (χ1v) is 10.6. The summed E-state index contributed by atoms with van der Waals surface area (Å²) in [6, 6.07) is 21.2. The van der Waals surface area contributed by atoms with Gasteiger partial charge in [-0.05, 0) is 35.9 Å². The molecule has 0 radical (unpaired) electrons. The minimum atomic E-state index is -0.985. The summed E-state index contributed by atoms with van der Waals surface area (Å²) >= 11 is 6.06. The Morgan fingerprint density at radius 3 is 2.47 bits per heavy atom. The Morgan fingerprint density at radius 2 is 1.72 bits per heavy atom. The zero-order valence-corrected chi connectivity index (χ0v) is 17.8. The Hall–Kier alpha value is -3.39. The second-order valence-electron chi connectivity index (χ2n) is 7.59. The summed E-state index contributed by atoms with van der Waals surface area (Å²) in [5, 5.41) is 30.7. The van der Waals surface area contributed by atoms with Crippen LogP contribution in [0.15, 0.2) is 77.2 Å². The Morgan fingerprint density at radius 1 is 1.00 bits per heavy atom. The molecule has 5 rings (SSSR count). The van der Waals surface area contributed by atoms with Crippen molar-refractivity contribution in [3.8, 4) is 0 Å². The van der Waals surface area contributed by atoms with E-state index >= 15 is 0 Å². The molecule has 0 bridgehead atoms.